The number of alkyl halides is 3. The standard InChI is InChI=1S/C11H14F3N3O/c12-11(13,14)8-17(7-6-10(15)16-18)9-4-2-1-3-5-9/h1-5,18H,6-8H2,(H2,15,16). The summed E-state index contributed by atoms with van der Waals surface area (Å²) >= 11 is 0. The van der Waals surface area contributed by atoms with Gasteiger partial charge in [0.25, 0.3) is 0 Å². The molecule has 0 saturated heterocycles. The van der Waals surface area contributed by atoms with E-state index in [1.807, 2.05) is 0 Å². The summed E-state index contributed by atoms with van der Waals surface area (Å²) in [5.74, 6) is -0.0990. The fraction of sp³-hybridized carbons (Fsp3) is 0.364. The van der Waals surface area contributed by atoms with E-state index >= 15 is 0 Å². The van der Waals surface area contributed by atoms with Crippen molar-refractivity contribution in [2.45, 2.75) is 12.6 Å². The molecule has 0 aliphatic rings. The number of nitrogens with two attached hydrogens (primary N) is 1. The van der Waals surface area contributed by atoms with Gasteiger partial charge in [-0.3, -0.25) is 0 Å². The van der Waals surface area contributed by atoms with Crippen LogP contribution in [0.25, 0.3) is 0 Å². The van der Waals surface area contributed by atoms with Crippen LogP contribution in [0.1, 0.15) is 6.42 Å². The van der Waals surface area contributed by atoms with E-state index in [1.54, 1.807) is 30.3 Å². The molecule has 0 heterocycles. The molecule has 0 spiro atoms. The quantitative estimate of drug-likeness (QED) is 0.369. The predicted octanol–water partition coefficient (Wildman–Crippen LogP) is 2.19. The topological polar surface area (TPSA) is 61.8 Å². The Labute approximate surface area is 102 Å². The fourth-order valence-electron chi connectivity index (χ4n) is 1.45. The molecule has 100 valence electrons. The predicted molar refractivity (Wildman–Crippen MR) is 62.7 cm³/mol. The normalized spacial score (nSPS) is 12.5. The zero-order chi connectivity index (χ0) is 13.6. The molecule has 0 saturated carbocycles. The number of rotatable bonds is 5. The molecule has 18 heavy (non-hydrogen) atoms. The van der Waals surface area contributed by atoms with Crippen LogP contribution in [0.4, 0.5) is 18.9 Å². The number of hydrogen-bond acceptors (Lipinski definition) is 3. The lowest BCUT2D eigenvalue weighted by Crippen LogP contribution is -2.36. The van der Waals surface area contributed by atoms with Crippen molar-refractivity contribution in [3.63, 3.8) is 0 Å². The molecule has 0 radical (unpaired) electrons. The fourth-order valence-corrected chi connectivity index (χ4v) is 1.45. The molecule has 0 unspecified atom stereocenters. The summed E-state index contributed by atoms with van der Waals surface area (Å²) in [6.45, 7) is -1.05. The zero-order valence-corrected chi connectivity index (χ0v) is 9.56. The van der Waals surface area contributed by atoms with Gasteiger partial charge in [-0.1, -0.05) is 23.4 Å². The lowest BCUT2D eigenvalue weighted by atomic mass is 10.2. The average molecular weight is 261 g/mol. The summed E-state index contributed by atoms with van der Waals surface area (Å²) in [5.41, 5.74) is 5.70. The maximum atomic E-state index is 12.4. The Morgan fingerprint density at radius 1 is 1.28 bits per heavy atom. The van der Waals surface area contributed by atoms with Crippen molar-refractivity contribution in [3.05, 3.63) is 30.3 Å². The SMILES string of the molecule is N/C(CCN(CC(F)(F)F)c1ccccc1)=N\O. The molecule has 1 aromatic carbocycles. The molecule has 0 aliphatic heterocycles. The van der Waals surface area contributed by atoms with Crippen LogP contribution in [-0.2, 0) is 0 Å². The number of para-hydroxylation sites is 1. The van der Waals surface area contributed by atoms with Crippen LogP contribution in [-0.4, -0.2) is 30.3 Å². The maximum Gasteiger partial charge on any atom is 0.405 e. The van der Waals surface area contributed by atoms with Crippen LogP contribution >= 0.6 is 0 Å². The highest BCUT2D eigenvalue weighted by Gasteiger charge is 2.30. The van der Waals surface area contributed by atoms with Crippen molar-refractivity contribution in [1.82, 2.24) is 0 Å². The van der Waals surface area contributed by atoms with Crippen molar-refractivity contribution >= 4 is 11.5 Å². The Hall–Kier alpha value is -1.92. The van der Waals surface area contributed by atoms with Crippen molar-refractivity contribution in [2.24, 2.45) is 10.9 Å². The van der Waals surface area contributed by atoms with E-state index in [-0.39, 0.29) is 18.8 Å². The van der Waals surface area contributed by atoms with Gasteiger partial charge >= 0.3 is 6.18 Å². The molecule has 0 amide bonds. The first-order chi connectivity index (χ1) is 8.42. The van der Waals surface area contributed by atoms with E-state index in [4.69, 9.17) is 10.9 Å². The van der Waals surface area contributed by atoms with Crippen LogP contribution in [0.2, 0.25) is 0 Å². The van der Waals surface area contributed by atoms with Crippen LogP contribution in [0, 0.1) is 0 Å². The minimum atomic E-state index is -4.30. The molecule has 1 rings (SSSR count). The summed E-state index contributed by atoms with van der Waals surface area (Å²) < 4.78 is 37.3. The summed E-state index contributed by atoms with van der Waals surface area (Å²) in [7, 11) is 0. The molecule has 3 N–H and O–H groups in total. The second-order valence-corrected chi connectivity index (χ2v) is 3.71. The third-order valence-electron chi connectivity index (χ3n) is 2.26. The average Bonchev–Trinajstić information content (AvgIpc) is 2.33. The van der Waals surface area contributed by atoms with Crippen molar-refractivity contribution in [2.75, 3.05) is 18.0 Å². The molecule has 0 bridgehead atoms. The molecule has 0 fully saturated rings. The van der Waals surface area contributed by atoms with E-state index in [1.165, 1.54) is 0 Å². The second kappa shape index (κ2) is 6.13. The van der Waals surface area contributed by atoms with Crippen LogP contribution < -0.4 is 10.6 Å². The Morgan fingerprint density at radius 2 is 1.89 bits per heavy atom. The number of hydrogen-bond donors (Lipinski definition) is 2. The number of halogens is 3. The van der Waals surface area contributed by atoms with Crippen LogP contribution in [0.3, 0.4) is 0 Å². The maximum absolute atomic E-state index is 12.4. The van der Waals surface area contributed by atoms with E-state index in [0.29, 0.717) is 5.69 Å². The summed E-state index contributed by atoms with van der Waals surface area (Å²) in [5, 5.41) is 11.1. The smallest absolute Gasteiger partial charge is 0.405 e. The van der Waals surface area contributed by atoms with Gasteiger partial charge in [0.05, 0.1) is 0 Å². The van der Waals surface area contributed by atoms with E-state index in [9.17, 15) is 13.2 Å². The van der Waals surface area contributed by atoms with Gasteiger partial charge in [0, 0.05) is 18.7 Å². The third kappa shape index (κ3) is 4.94. The number of nitrogens with zero attached hydrogens (tertiary/aromatic N) is 2. The lowest BCUT2D eigenvalue weighted by molar-refractivity contribution is -0.119. The highest BCUT2D eigenvalue weighted by Crippen LogP contribution is 2.21. The van der Waals surface area contributed by atoms with Gasteiger partial charge in [-0.25, -0.2) is 0 Å². The van der Waals surface area contributed by atoms with Crippen molar-refractivity contribution < 1.29 is 18.4 Å². The lowest BCUT2D eigenvalue weighted by Gasteiger charge is -2.25. The largest absolute Gasteiger partial charge is 0.409 e. The Bertz CT molecular complexity index is 392. The molecule has 1 aromatic rings. The highest BCUT2D eigenvalue weighted by molar-refractivity contribution is 5.80. The molecular formula is C11H14F3N3O. The van der Waals surface area contributed by atoms with Gasteiger partial charge < -0.3 is 15.8 Å². The first kappa shape index (κ1) is 14.1. The minimum Gasteiger partial charge on any atom is -0.409 e. The van der Waals surface area contributed by atoms with Crippen LogP contribution in [0.5, 0.6) is 0 Å². The second-order valence-electron chi connectivity index (χ2n) is 3.71. The van der Waals surface area contributed by atoms with Gasteiger partial charge in [0.2, 0.25) is 0 Å². The highest BCUT2D eigenvalue weighted by atomic mass is 19.4. The van der Waals surface area contributed by atoms with Crippen LogP contribution in [0.15, 0.2) is 35.5 Å². The number of anilines is 1. The van der Waals surface area contributed by atoms with Gasteiger partial charge in [-0.2, -0.15) is 13.2 Å². The number of benzene rings is 1. The first-order valence-corrected chi connectivity index (χ1v) is 5.25. The van der Waals surface area contributed by atoms with Gasteiger partial charge in [0.1, 0.15) is 12.4 Å². The molecule has 0 aromatic heterocycles. The van der Waals surface area contributed by atoms with E-state index < -0.39 is 12.7 Å². The van der Waals surface area contributed by atoms with Crippen molar-refractivity contribution in [3.8, 4) is 0 Å². The Morgan fingerprint density at radius 3 is 2.39 bits per heavy atom. The summed E-state index contributed by atoms with van der Waals surface area (Å²) in [6.07, 6.45) is -4.25. The zero-order valence-electron chi connectivity index (χ0n) is 9.56. The summed E-state index contributed by atoms with van der Waals surface area (Å²) in [4.78, 5) is 1.14. The molecule has 4 nitrogen and oxygen atoms in total. The molecule has 0 aliphatic carbocycles. The molecule has 7 heteroatoms. The summed E-state index contributed by atoms with van der Waals surface area (Å²) in [6, 6.07) is 8.19. The van der Waals surface area contributed by atoms with E-state index in [2.05, 4.69) is 5.16 Å². The van der Waals surface area contributed by atoms with Crippen molar-refractivity contribution in [1.29, 1.82) is 0 Å². The first-order valence-electron chi connectivity index (χ1n) is 5.25. The molecular weight excluding hydrogens is 247 g/mol. The Balaban J connectivity index is 2.76. The third-order valence-corrected chi connectivity index (χ3v) is 2.26. The monoisotopic (exact) mass is 261 g/mol. The van der Waals surface area contributed by atoms with E-state index in [0.717, 1.165) is 4.90 Å². The molecule has 0 atom stereocenters. The number of oxime groups is 1. The van der Waals surface area contributed by atoms with Gasteiger partial charge in [-0.05, 0) is 12.1 Å². The minimum absolute atomic E-state index is 0.0272. The number of amidine groups is 1. The van der Waals surface area contributed by atoms with Gasteiger partial charge in [0.15, 0.2) is 0 Å². The van der Waals surface area contributed by atoms with Gasteiger partial charge in [-0.15, -0.1) is 0 Å². The Kier molecular flexibility index (Phi) is 4.82.